The minimum absolute atomic E-state index is 0.441. The van der Waals surface area contributed by atoms with Gasteiger partial charge in [-0.25, -0.2) is 0 Å². The van der Waals surface area contributed by atoms with E-state index in [4.69, 9.17) is 4.74 Å². The third-order valence-electron chi connectivity index (χ3n) is 1.93. The fourth-order valence-electron chi connectivity index (χ4n) is 1.12. The summed E-state index contributed by atoms with van der Waals surface area (Å²) in [6, 6.07) is 6.61. The molecule has 0 heterocycles. The zero-order chi connectivity index (χ0) is 13.6. The average Bonchev–Trinajstić information content (AvgIpc) is 2.30. The monoisotopic (exact) mass is 259 g/mol. The van der Waals surface area contributed by atoms with Crippen LogP contribution in [0.3, 0.4) is 0 Å². The van der Waals surface area contributed by atoms with Crippen LogP contribution in [0.5, 0.6) is 5.75 Å². The van der Waals surface area contributed by atoms with Crippen molar-refractivity contribution in [1.82, 2.24) is 0 Å². The molecule has 0 aliphatic carbocycles. The van der Waals surface area contributed by atoms with Crippen molar-refractivity contribution < 1.29 is 22.7 Å². The second-order valence-electron chi connectivity index (χ2n) is 3.30. The van der Waals surface area contributed by atoms with Crippen LogP contribution in [0.2, 0.25) is 0 Å². The Bertz CT molecular complexity index is 424. The smallest absolute Gasteiger partial charge is 0.454 e. The Morgan fingerprint density at radius 3 is 2.44 bits per heavy atom. The molecule has 0 fully saturated rings. The van der Waals surface area contributed by atoms with Crippen LogP contribution in [-0.2, 0) is 4.79 Å². The van der Waals surface area contributed by atoms with E-state index in [0.29, 0.717) is 24.1 Å². The first kappa shape index (κ1) is 14.1. The number of halogens is 3. The van der Waals surface area contributed by atoms with E-state index in [0.717, 1.165) is 6.20 Å². The Morgan fingerprint density at radius 2 is 1.94 bits per heavy atom. The van der Waals surface area contributed by atoms with Crippen LogP contribution >= 0.6 is 0 Å². The van der Waals surface area contributed by atoms with Gasteiger partial charge in [0.2, 0.25) is 0 Å². The van der Waals surface area contributed by atoms with Gasteiger partial charge in [0.05, 0.1) is 6.61 Å². The second-order valence-corrected chi connectivity index (χ2v) is 3.30. The Labute approximate surface area is 102 Å². The number of hydrogen-bond acceptors (Lipinski definition) is 3. The molecule has 0 spiro atoms. The second kappa shape index (κ2) is 6.09. The number of hydrogen-bond donors (Lipinski definition) is 1. The molecule has 0 amide bonds. The summed E-state index contributed by atoms with van der Waals surface area (Å²) in [6.07, 6.45) is -3.45. The number of alkyl halides is 3. The highest BCUT2D eigenvalue weighted by molar-refractivity contribution is 5.94. The van der Waals surface area contributed by atoms with E-state index >= 15 is 0 Å². The molecule has 1 aromatic carbocycles. The summed E-state index contributed by atoms with van der Waals surface area (Å²) in [4.78, 5) is 10.5. The lowest BCUT2D eigenvalue weighted by Crippen LogP contribution is -2.20. The van der Waals surface area contributed by atoms with E-state index in [1.165, 1.54) is 0 Å². The molecule has 98 valence electrons. The van der Waals surface area contributed by atoms with E-state index < -0.39 is 12.0 Å². The first-order chi connectivity index (χ1) is 8.43. The topological polar surface area (TPSA) is 38.3 Å². The standard InChI is InChI=1S/C12H12F3NO2/c1-2-18-10-5-3-9(4-6-10)16-8-7-11(17)12(13,14)15/h3-8,16H,2H2,1H3/b8-7+. The summed E-state index contributed by atoms with van der Waals surface area (Å²) < 4.78 is 40.8. The third-order valence-corrected chi connectivity index (χ3v) is 1.93. The molecule has 0 atom stereocenters. The highest BCUT2D eigenvalue weighted by Crippen LogP contribution is 2.17. The van der Waals surface area contributed by atoms with Crippen LogP contribution in [0, 0.1) is 0 Å². The average molecular weight is 259 g/mol. The van der Waals surface area contributed by atoms with Crippen molar-refractivity contribution in [3.8, 4) is 5.75 Å². The summed E-state index contributed by atoms with van der Waals surface area (Å²) in [6.45, 7) is 2.38. The highest BCUT2D eigenvalue weighted by atomic mass is 19.4. The number of rotatable bonds is 5. The van der Waals surface area contributed by atoms with Crippen molar-refractivity contribution in [2.45, 2.75) is 13.1 Å². The molecule has 0 aliphatic rings. The lowest BCUT2D eigenvalue weighted by atomic mass is 10.3. The van der Waals surface area contributed by atoms with E-state index in [2.05, 4.69) is 5.32 Å². The summed E-state index contributed by atoms with van der Waals surface area (Å²) in [7, 11) is 0. The minimum atomic E-state index is -4.84. The van der Waals surface area contributed by atoms with Crippen LogP contribution in [-0.4, -0.2) is 18.6 Å². The van der Waals surface area contributed by atoms with Gasteiger partial charge >= 0.3 is 6.18 Å². The summed E-state index contributed by atoms with van der Waals surface area (Å²) >= 11 is 0. The third kappa shape index (κ3) is 4.48. The molecule has 1 aromatic rings. The van der Waals surface area contributed by atoms with Gasteiger partial charge in [0.1, 0.15) is 5.75 Å². The normalized spacial score (nSPS) is 11.6. The van der Waals surface area contributed by atoms with Crippen LogP contribution in [0.15, 0.2) is 36.5 Å². The maximum atomic E-state index is 11.9. The maximum absolute atomic E-state index is 11.9. The molecule has 0 aromatic heterocycles. The SMILES string of the molecule is CCOc1ccc(N/C=C/C(=O)C(F)(F)F)cc1. The molecule has 0 bridgehead atoms. The van der Waals surface area contributed by atoms with Gasteiger partial charge in [-0.15, -0.1) is 0 Å². The van der Waals surface area contributed by atoms with Gasteiger partial charge in [0.15, 0.2) is 0 Å². The Kier molecular flexibility index (Phi) is 4.76. The predicted octanol–water partition coefficient (Wildman–Crippen LogP) is 3.14. The van der Waals surface area contributed by atoms with Gasteiger partial charge in [-0.3, -0.25) is 4.79 Å². The van der Waals surface area contributed by atoms with Crippen molar-refractivity contribution in [2.75, 3.05) is 11.9 Å². The lowest BCUT2D eigenvalue weighted by molar-refractivity contribution is -0.165. The predicted molar refractivity (Wildman–Crippen MR) is 61.4 cm³/mol. The fraction of sp³-hybridized carbons (Fsp3) is 0.250. The first-order valence-corrected chi connectivity index (χ1v) is 5.20. The fourth-order valence-corrected chi connectivity index (χ4v) is 1.12. The molecular weight excluding hydrogens is 247 g/mol. The van der Waals surface area contributed by atoms with Crippen LogP contribution in [0.1, 0.15) is 6.92 Å². The summed E-state index contributed by atoms with van der Waals surface area (Å²) in [5.41, 5.74) is 0.560. The molecule has 0 radical (unpaired) electrons. The number of allylic oxidation sites excluding steroid dienone is 1. The van der Waals surface area contributed by atoms with Crippen molar-refractivity contribution in [1.29, 1.82) is 0 Å². The Morgan fingerprint density at radius 1 is 1.33 bits per heavy atom. The van der Waals surface area contributed by atoms with Gasteiger partial charge in [0.25, 0.3) is 5.78 Å². The van der Waals surface area contributed by atoms with Gasteiger partial charge in [0, 0.05) is 18.0 Å². The van der Waals surface area contributed by atoms with Gasteiger partial charge < -0.3 is 10.1 Å². The highest BCUT2D eigenvalue weighted by Gasteiger charge is 2.35. The summed E-state index contributed by atoms with van der Waals surface area (Å²) in [5.74, 6) is -1.24. The molecule has 3 nitrogen and oxygen atoms in total. The van der Waals surface area contributed by atoms with Crippen LogP contribution < -0.4 is 10.1 Å². The minimum Gasteiger partial charge on any atom is -0.494 e. The van der Waals surface area contributed by atoms with Crippen molar-refractivity contribution >= 4 is 11.5 Å². The molecule has 0 unspecified atom stereocenters. The molecule has 6 heteroatoms. The van der Waals surface area contributed by atoms with E-state index in [9.17, 15) is 18.0 Å². The molecule has 0 saturated carbocycles. The molecule has 1 rings (SSSR count). The number of nitrogens with one attached hydrogen (secondary N) is 1. The first-order valence-electron chi connectivity index (χ1n) is 5.20. The van der Waals surface area contributed by atoms with E-state index in [-0.39, 0.29) is 0 Å². The molecule has 0 aliphatic heterocycles. The quantitative estimate of drug-likeness (QED) is 0.825. The molecular formula is C12H12F3NO2. The van der Waals surface area contributed by atoms with E-state index in [1.54, 1.807) is 24.3 Å². The van der Waals surface area contributed by atoms with Crippen LogP contribution in [0.4, 0.5) is 18.9 Å². The number of ketones is 1. The number of ether oxygens (including phenoxy) is 1. The van der Waals surface area contributed by atoms with Crippen molar-refractivity contribution in [3.63, 3.8) is 0 Å². The Hall–Kier alpha value is -1.98. The van der Waals surface area contributed by atoms with E-state index in [1.807, 2.05) is 6.92 Å². The number of carbonyl (C=O) groups is 1. The lowest BCUT2D eigenvalue weighted by Gasteiger charge is -2.04. The summed E-state index contributed by atoms with van der Waals surface area (Å²) in [5, 5.41) is 2.56. The maximum Gasteiger partial charge on any atom is 0.454 e. The van der Waals surface area contributed by atoms with Gasteiger partial charge in [-0.05, 0) is 31.2 Å². The zero-order valence-electron chi connectivity index (χ0n) is 9.62. The zero-order valence-corrected chi connectivity index (χ0v) is 9.62. The van der Waals surface area contributed by atoms with Crippen molar-refractivity contribution in [3.05, 3.63) is 36.5 Å². The number of benzene rings is 1. The largest absolute Gasteiger partial charge is 0.494 e. The Balaban J connectivity index is 2.53. The van der Waals surface area contributed by atoms with Crippen molar-refractivity contribution in [2.24, 2.45) is 0 Å². The molecule has 18 heavy (non-hydrogen) atoms. The van der Waals surface area contributed by atoms with Crippen LogP contribution in [0.25, 0.3) is 0 Å². The number of carbonyl (C=O) groups excluding carboxylic acids is 1. The van der Waals surface area contributed by atoms with Gasteiger partial charge in [-0.1, -0.05) is 0 Å². The number of anilines is 1. The molecule has 0 saturated heterocycles. The molecule has 1 N–H and O–H groups in total. The van der Waals surface area contributed by atoms with Gasteiger partial charge in [-0.2, -0.15) is 13.2 Å².